The van der Waals surface area contributed by atoms with Gasteiger partial charge in [-0.3, -0.25) is 9.78 Å². The molecule has 9 nitrogen and oxygen atoms in total. The number of aryl methyl sites for hydroxylation is 1. The second-order valence-corrected chi connectivity index (χ2v) is 18.6. The fourth-order valence-corrected chi connectivity index (χ4v) is 8.38. The average Bonchev–Trinajstić information content (AvgIpc) is 3.53. The van der Waals surface area contributed by atoms with Crippen LogP contribution >= 0.6 is 0 Å². The first-order valence-corrected chi connectivity index (χ1v) is 18.4. The van der Waals surface area contributed by atoms with Gasteiger partial charge >= 0.3 is 0 Å². The van der Waals surface area contributed by atoms with Crippen molar-refractivity contribution in [2.24, 2.45) is 16.7 Å². The lowest BCUT2D eigenvalue weighted by atomic mass is 9.89. The van der Waals surface area contributed by atoms with Crippen LogP contribution in [0.15, 0.2) is 53.7 Å². The maximum Gasteiger partial charge on any atom is 0.281 e. The van der Waals surface area contributed by atoms with Crippen molar-refractivity contribution in [2.45, 2.75) is 116 Å². The molecule has 10 heteroatoms. The molecule has 1 amide bonds. The van der Waals surface area contributed by atoms with E-state index in [0.717, 1.165) is 50.0 Å². The number of anilines is 2. The summed E-state index contributed by atoms with van der Waals surface area (Å²) in [5, 5.41) is 3.35. The molecule has 1 saturated carbocycles. The fourth-order valence-electron chi connectivity index (χ4n) is 7.44. The van der Waals surface area contributed by atoms with Crippen LogP contribution in [0.5, 0.6) is 0 Å². The monoisotopic (exact) mass is 658 g/mol. The van der Waals surface area contributed by atoms with Crippen molar-refractivity contribution >= 4 is 27.6 Å². The Hall–Kier alpha value is -3.53. The highest BCUT2D eigenvalue weighted by molar-refractivity contribution is 7.90. The summed E-state index contributed by atoms with van der Waals surface area (Å²) in [6.07, 6.45) is 7.72. The van der Waals surface area contributed by atoms with Gasteiger partial charge in [-0.2, -0.15) is 8.42 Å². The number of hydrogen-bond acceptors (Lipinski definition) is 8. The first kappa shape index (κ1) is 33.4. The van der Waals surface area contributed by atoms with Gasteiger partial charge in [0.15, 0.2) is 5.03 Å². The van der Waals surface area contributed by atoms with Crippen molar-refractivity contribution in [3.05, 3.63) is 71.2 Å². The summed E-state index contributed by atoms with van der Waals surface area (Å²) in [4.78, 5) is 30.4. The van der Waals surface area contributed by atoms with E-state index in [9.17, 15) is 13.2 Å². The molecule has 3 atom stereocenters. The largest absolute Gasteiger partial charge is 0.367 e. The third-order valence-electron chi connectivity index (χ3n) is 10.1. The fraction of sp³-hybridized carbons (Fsp3) is 0.568. The molecule has 47 heavy (non-hydrogen) atoms. The van der Waals surface area contributed by atoms with Gasteiger partial charge in [-0.05, 0) is 98.6 Å². The first-order chi connectivity index (χ1) is 21.8. The number of pyridine rings is 3. The van der Waals surface area contributed by atoms with Crippen LogP contribution in [-0.4, -0.2) is 47.4 Å². The Kier molecular flexibility index (Phi) is 8.21. The molecule has 0 radical (unpaired) electrons. The predicted octanol–water partition coefficient (Wildman–Crippen LogP) is 6.69. The Balaban J connectivity index is 1.36. The molecule has 1 spiro atoms. The molecule has 3 aromatic heterocycles. The second-order valence-electron chi connectivity index (χ2n) is 17.0. The number of nitrogens with one attached hydrogen (secondary N) is 2. The van der Waals surface area contributed by atoms with Crippen LogP contribution in [0.25, 0.3) is 0 Å². The van der Waals surface area contributed by atoms with E-state index >= 15 is 0 Å². The molecule has 1 saturated heterocycles. The van der Waals surface area contributed by atoms with Gasteiger partial charge in [0.25, 0.3) is 15.9 Å². The Morgan fingerprint density at radius 2 is 1.77 bits per heavy atom. The van der Waals surface area contributed by atoms with Gasteiger partial charge < -0.3 is 10.2 Å². The van der Waals surface area contributed by atoms with E-state index in [0.29, 0.717) is 24.0 Å². The van der Waals surface area contributed by atoms with E-state index in [1.807, 2.05) is 12.3 Å². The van der Waals surface area contributed by atoms with E-state index < -0.39 is 15.9 Å². The number of aromatic nitrogens is 3. The molecule has 1 aliphatic carbocycles. The molecule has 4 bridgehead atoms. The lowest BCUT2D eigenvalue weighted by Gasteiger charge is -2.34. The third kappa shape index (κ3) is 7.17. The van der Waals surface area contributed by atoms with Crippen LogP contribution in [0.2, 0.25) is 0 Å². The highest BCUT2D eigenvalue weighted by atomic mass is 32.2. The molecule has 2 N–H and O–H groups in total. The summed E-state index contributed by atoms with van der Waals surface area (Å²) < 4.78 is 29.4. The van der Waals surface area contributed by atoms with Gasteiger partial charge in [0.05, 0.1) is 5.56 Å². The molecule has 2 aliphatic heterocycles. The maximum absolute atomic E-state index is 13.8. The maximum atomic E-state index is 13.8. The molecule has 0 aromatic carbocycles. The van der Waals surface area contributed by atoms with Crippen LogP contribution < -0.4 is 14.9 Å². The third-order valence-corrected chi connectivity index (χ3v) is 11.4. The van der Waals surface area contributed by atoms with Gasteiger partial charge in [0, 0.05) is 47.5 Å². The number of carbonyl (C=O) groups is 1. The van der Waals surface area contributed by atoms with Gasteiger partial charge in [-0.1, -0.05) is 53.7 Å². The number of amides is 1. The van der Waals surface area contributed by atoms with Crippen molar-refractivity contribution in [2.75, 3.05) is 16.8 Å². The minimum absolute atomic E-state index is 0.00691. The molecule has 6 rings (SSSR count). The van der Waals surface area contributed by atoms with Crippen molar-refractivity contribution in [1.29, 1.82) is 0 Å². The number of carbonyl (C=O) groups excluding carboxylic acids is 1. The lowest BCUT2D eigenvalue weighted by Crippen LogP contribution is -2.41. The Labute approximate surface area is 280 Å². The topological polar surface area (TPSA) is 117 Å². The van der Waals surface area contributed by atoms with Gasteiger partial charge in [-0.25, -0.2) is 14.7 Å². The zero-order valence-corrected chi connectivity index (χ0v) is 30.0. The molecule has 252 valence electrons. The van der Waals surface area contributed by atoms with E-state index in [4.69, 9.17) is 9.97 Å². The second kappa shape index (κ2) is 11.6. The quantitative estimate of drug-likeness (QED) is 0.319. The number of nitrogens with zero attached hydrogens (tertiary/aromatic N) is 4. The van der Waals surface area contributed by atoms with Crippen molar-refractivity contribution < 1.29 is 13.2 Å². The summed E-state index contributed by atoms with van der Waals surface area (Å²) in [5.41, 5.74) is 3.16. The minimum atomic E-state index is -4.26. The summed E-state index contributed by atoms with van der Waals surface area (Å²) in [7, 11) is -4.26. The van der Waals surface area contributed by atoms with E-state index in [2.05, 4.69) is 87.4 Å². The number of hydrogen-bond donors (Lipinski definition) is 2. The van der Waals surface area contributed by atoms with Gasteiger partial charge in [0.2, 0.25) is 0 Å². The van der Waals surface area contributed by atoms with Crippen molar-refractivity contribution in [3.8, 4) is 0 Å². The summed E-state index contributed by atoms with van der Waals surface area (Å²) in [6.45, 7) is 18.2. The molecule has 2 fully saturated rings. The van der Waals surface area contributed by atoms with Crippen molar-refractivity contribution in [3.63, 3.8) is 0 Å². The summed E-state index contributed by atoms with van der Waals surface area (Å²) >= 11 is 0. The molecular formula is C37H50N6O3S. The first-order valence-electron chi connectivity index (χ1n) is 16.9. The normalized spacial score (nSPS) is 25.0. The molecular weight excluding hydrogens is 609 g/mol. The van der Waals surface area contributed by atoms with E-state index in [-0.39, 0.29) is 38.4 Å². The van der Waals surface area contributed by atoms with E-state index in [1.54, 1.807) is 18.2 Å². The Morgan fingerprint density at radius 3 is 2.45 bits per heavy atom. The van der Waals surface area contributed by atoms with Crippen LogP contribution in [0.1, 0.15) is 108 Å². The number of rotatable bonds is 4. The van der Waals surface area contributed by atoms with Crippen LogP contribution in [0.3, 0.4) is 0 Å². The minimum Gasteiger partial charge on any atom is -0.367 e. The zero-order valence-electron chi connectivity index (χ0n) is 29.1. The number of sulfonamides is 1. The molecule has 2 unspecified atom stereocenters. The highest BCUT2D eigenvalue weighted by Gasteiger charge is 2.63. The summed E-state index contributed by atoms with van der Waals surface area (Å²) in [5.74, 6) is 0.749. The molecule has 3 aromatic rings. The van der Waals surface area contributed by atoms with Crippen LogP contribution in [0.4, 0.5) is 11.6 Å². The highest BCUT2D eigenvalue weighted by Crippen LogP contribution is 2.64. The lowest BCUT2D eigenvalue weighted by molar-refractivity contribution is 0.0981. The Morgan fingerprint density at radius 1 is 1.00 bits per heavy atom. The average molecular weight is 659 g/mol. The Bertz CT molecular complexity index is 1770. The van der Waals surface area contributed by atoms with Gasteiger partial charge in [-0.15, -0.1) is 0 Å². The van der Waals surface area contributed by atoms with E-state index in [1.165, 1.54) is 11.6 Å². The predicted molar refractivity (Wildman–Crippen MR) is 186 cm³/mol. The summed E-state index contributed by atoms with van der Waals surface area (Å²) in [6, 6.07) is 12.7. The van der Waals surface area contributed by atoms with Gasteiger partial charge in [0.1, 0.15) is 11.6 Å². The molecule has 3 aliphatic rings. The number of fused-ring (bicyclic) bond motifs is 5. The molecule has 5 heterocycles. The zero-order chi connectivity index (χ0) is 34.0. The van der Waals surface area contributed by atoms with Crippen LogP contribution in [0, 0.1) is 16.7 Å². The SMILES string of the molecule is CC(C)(C)CCc1ccc(CC2CC3C[C@]34CN(c3nc(C(C)(C)C)ccc3C(=O)NS(=O)(=O)c3cccc(n3)N2)C(C)(C)C4)nc1. The van der Waals surface area contributed by atoms with Crippen molar-refractivity contribution in [1.82, 2.24) is 19.7 Å². The standard InChI is InChI=1S/C37H50N6O3S/c1-34(2,3)17-16-24-12-13-26(38-21-24)19-27-18-25-20-37(25)22-36(7,8)43(23-37)32-28(14-15-29(40-32)35(4,5)6)33(44)42-47(45,46)31-11-9-10-30(39-27)41-31/h9-15,21,25,27H,16-20,22-23H2,1-8H3,(H,39,41)(H,42,44)/t25?,27?,37-/m0/s1. The van der Waals surface area contributed by atoms with Crippen LogP contribution in [-0.2, 0) is 28.3 Å². The smallest absolute Gasteiger partial charge is 0.281 e.